The van der Waals surface area contributed by atoms with Crippen LogP contribution in [0.25, 0.3) is 20.7 Å². The molecule has 0 aliphatic carbocycles. The van der Waals surface area contributed by atoms with Crippen LogP contribution in [0.1, 0.15) is 26.6 Å². The van der Waals surface area contributed by atoms with Crippen LogP contribution >= 0.6 is 11.3 Å². The summed E-state index contributed by atoms with van der Waals surface area (Å²) in [5, 5.41) is 0.737. The summed E-state index contributed by atoms with van der Waals surface area (Å²) in [6.07, 6.45) is 0.766. The van der Waals surface area contributed by atoms with Gasteiger partial charge in [0.2, 0.25) is 0 Å². The maximum absolute atomic E-state index is 13.1. The highest BCUT2D eigenvalue weighted by Crippen LogP contribution is 2.31. The molecule has 0 aliphatic rings. The summed E-state index contributed by atoms with van der Waals surface area (Å²) < 4.78 is 1.86. The Hall–Kier alpha value is -1.98. The van der Waals surface area contributed by atoms with Crippen molar-refractivity contribution in [3.8, 4) is 10.4 Å². The van der Waals surface area contributed by atoms with E-state index in [2.05, 4.69) is 37.8 Å². The molecule has 0 bridgehead atoms. The van der Waals surface area contributed by atoms with Crippen molar-refractivity contribution in [2.45, 2.75) is 33.7 Å². The van der Waals surface area contributed by atoms with Crippen LogP contribution in [0.3, 0.4) is 0 Å². The maximum atomic E-state index is 13.1. The molecule has 132 valence electrons. The van der Waals surface area contributed by atoms with Gasteiger partial charge in [0.15, 0.2) is 0 Å². The predicted octanol–water partition coefficient (Wildman–Crippen LogP) is 4.03. The van der Waals surface area contributed by atoms with Gasteiger partial charge >= 0.3 is 0 Å². The molecule has 0 amide bonds. The molecule has 4 nitrogen and oxygen atoms in total. The average molecular weight is 356 g/mol. The van der Waals surface area contributed by atoms with Gasteiger partial charge < -0.3 is 4.90 Å². The highest BCUT2D eigenvalue weighted by Gasteiger charge is 2.14. The summed E-state index contributed by atoms with van der Waals surface area (Å²) in [6, 6.07) is 12.2. The Morgan fingerprint density at radius 1 is 1.12 bits per heavy atom. The third-order valence-electron chi connectivity index (χ3n) is 4.64. The second kappa shape index (κ2) is 7.93. The second-order valence-electron chi connectivity index (χ2n) is 6.06. The molecule has 0 atom stereocenters. The number of aromatic nitrogens is 2. The molecule has 0 radical (unpaired) electrons. The topological polar surface area (TPSA) is 38.1 Å². The largest absolute Gasteiger partial charge is 0.302 e. The van der Waals surface area contributed by atoms with E-state index in [0.717, 1.165) is 52.5 Å². The van der Waals surface area contributed by atoms with Gasteiger partial charge in [-0.25, -0.2) is 4.98 Å². The zero-order valence-electron chi connectivity index (χ0n) is 15.2. The van der Waals surface area contributed by atoms with Gasteiger partial charge in [-0.3, -0.25) is 9.36 Å². The molecule has 2 aromatic heterocycles. The number of hydrogen-bond acceptors (Lipinski definition) is 4. The minimum absolute atomic E-state index is 0.0902. The van der Waals surface area contributed by atoms with E-state index in [9.17, 15) is 4.79 Å². The van der Waals surface area contributed by atoms with Gasteiger partial charge in [-0.1, -0.05) is 51.1 Å². The van der Waals surface area contributed by atoms with E-state index >= 15 is 0 Å². The van der Waals surface area contributed by atoms with Crippen molar-refractivity contribution >= 4 is 21.6 Å². The van der Waals surface area contributed by atoms with E-state index in [0.29, 0.717) is 6.54 Å². The molecule has 25 heavy (non-hydrogen) atoms. The summed E-state index contributed by atoms with van der Waals surface area (Å²) in [7, 11) is 0. The van der Waals surface area contributed by atoms with E-state index in [-0.39, 0.29) is 5.56 Å². The lowest BCUT2D eigenvalue weighted by Crippen LogP contribution is -2.32. The lowest BCUT2D eigenvalue weighted by molar-refractivity contribution is 0.287. The summed E-state index contributed by atoms with van der Waals surface area (Å²) in [5.41, 5.74) is 1.23. The SMILES string of the molecule is CCc1nc2sc(-c3ccccc3)cc2c(=O)n1CCN(CC)CC. The molecule has 5 heteroatoms. The Morgan fingerprint density at radius 3 is 2.48 bits per heavy atom. The van der Waals surface area contributed by atoms with Crippen LogP contribution in [-0.4, -0.2) is 34.1 Å². The van der Waals surface area contributed by atoms with Crippen LogP contribution in [-0.2, 0) is 13.0 Å². The van der Waals surface area contributed by atoms with E-state index in [1.54, 1.807) is 11.3 Å². The van der Waals surface area contributed by atoms with Gasteiger partial charge in [-0.2, -0.15) is 0 Å². The van der Waals surface area contributed by atoms with Gasteiger partial charge in [0, 0.05) is 24.4 Å². The van der Waals surface area contributed by atoms with Crippen LogP contribution in [0.4, 0.5) is 0 Å². The smallest absolute Gasteiger partial charge is 0.262 e. The monoisotopic (exact) mass is 355 g/mol. The molecule has 3 rings (SSSR count). The van der Waals surface area contributed by atoms with Crippen LogP contribution in [0, 0.1) is 0 Å². The lowest BCUT2D eigenvalue weighted by Gasteiger charge is -2.19. The number of fused-ring (bicyclic) bond motifs is 1. The van der Waals surface area contributed by atoms with E-state index < -0.39 is 0 Å². The standard InChI is InChI=1S/C20H25N3OS/c1-4-18-21-19-16(14-17(25-19)15-10-8-7-9-11-15)20(24)23(18)13-12-22(5-2)6-3/h7-11,14H,4-6,12-13H2,1-3H3. The number of rotatable bonds is 7. The molecule has 0 N–H and O–H groups in total. The molecular formula is C20H25N3OS. The van der Waals surface area contributed by atoms with Crippen molar-refractivity contribution in [1.29, 1.82) is 0 Å². The molecule has 1 aromatic carbocycles. The zero-order valence-corrected chi connectivity index (χ0v) is 16.0. The van der Waals surface area contributed by atoms with Gasteiger partial charge in [0.1, 0.15) is 10.7 Å². The first-order valence-corrected chi connectivity index (χ1v) is 9.80. The first-order valence-electron chi connectivity index (χ1n) is 8.98. The summed E-state index contributed by atoms with van der Waals surface area (Å²) >= 11 is 1.60. The second-order valence-corrected chi connectivity index (χ2v) is 7.09. The Labute approximate surface area is 152 Å². The fourth-order valence-electron chi connectivity index (χ4n) is 3.08. The van der Waals surface area contributed by atoms with Gasteiger partial charge in [0.25, 0.3) is 5.56 Å². The summed E-state index contributed by atoms with van der Waals surface area (Å²) in [5.74, 6) is 0.881. The third kappa shape index (κ3) is 3.67. The van der Waals surface area contributed by atoms with Crippen LogP contribution < -0.4 is 5.56 Å². The fraction of sp³-hybridized carbons (Fsp3) is 0.400. The van der Waals surface area contributed by atoms with Crippen molar-refractivity contribution in [2.24, 2.45) is 0 Å². The minimum atomic E-state index is 0.0902. The summed E-state index contributed by atoms with van der Waals surface area (Å²) in [6.45, 7) is 9.94. The quantitative estimate of drug-likeness (QED) is 0.642. The Morgan fingerprint density at radius 2 is 1.84 bits per heavy atom. The number of likely N-dealkylation sites (N-methyl/N-ethyl adjacent to an activating group) is 1. The molecule has 2 heterocycles. The van der Waals surface area contributed by atoms with Crippen LogP contribution in [0.5, 0.6) is 0 Å². The van der Waals surface area contributed by atoms with Crippen molar-refractivity contribution in [3.63, 3.8) is 0 Å². The van der Waals surface area contributed by atoms with E-state index in [4.69, 9.17) is 4.98 Å². The van der Waals surface area contributed by atoms with E-state index in [1.165, 1.54) is 0 Å². The van der Waals surface area contributed by atoms with Crippen LogP contribution in [0.2, 0.25) is 0 Å². The normalized spacial score (nSPS) is 11.5. The van der Waals surface area contributed by atoms with Crippen LogP contribution in [0.15, 0.2) is 41.2 Å². The Bertz CT molecular complexity index is 894. The predicted molar refractivity (Wildman–Crippen MR) is 106 cm³/mol. The van der Waals surface area contributed by atoms with Gasteiger partial charge in [0.05, 0.1) is 5.39 Å². The maximum Gasteiger partial charge on any atom is 0.262 e. The molecule has 0 fully saturated rings. The molecule has 0 unspecified atom stereocenters. The highest BCUT2D eigenvalue weighted by atomic mass is 32.1. The van der Waals surface area contributed by atoms with Crippen molar-refractivity contribution in [2.75, 3.05) is 19.6 Å². The average Bonchev–Trinajstić information content (AvgIpc) is 3.09. The van der Waals surface area contributed by atoms with Crippen molar-refractivity contribution < 1.29 is 0 Å². The van der Waals surface area contributed by atoms with Crippen molar-refractivity contribution in [3.05, 3.63) is 52.6 Å². The van der Waals surface area contributed by atoms with Crippen molar-refractivity contribution in [1.82, 2.24) is 14.5 Å². The molecule has 0 spiro atoms. The molecule has 0 saturated heterocycles. The van der Waals surface area contributed by atoms with E-state index in [1.807, 2.05) is 28.8 Å². The van der Waals surface area contributed by atoms with Gasteiger partial charge in [-0.15, -0.1) is 11.3 Å². The fourth-order valence-corrected chi connectivity index (χ4v) is 4.13. The number of aryl methyl sites for hydroxylation is 1. The number of nitrogens with zero attached hydrogens (tertiary/aromatic N) is 3. The highest BCUT2D eigenvalue weighted by molar-refractivity contribution is 7.21. The first kappa shape index (κ1) is 17.8. The lowest BCUT2D eigenvalue weighted by atomic mass is 10.2. The Balaban J connectivity index is 2.03. The zero-order chi connectivity index (χ0) is 17.8. The molecular weight excluding hydrogens is 330 g/mol. The number of hydrogen-bond donors (Lipinski definition) is 0. The molecule has 3 aromatic rings. The van der Waals surface area contributed by atoms with Gasteiger partial charge in [-0.05, 0) is 24.7 Å². The minimum Gasteiger partial charge on any atom is -0.302 e. The summed E-state index contributed by atoms with van der Waals surface area (Å²) in [4.78, 5) is 22.1. The number of thiophene rings is 1. The molecule has 0 saturated carbocycles. The molecule has 0 aliphatic heterocycles. The third-order valence-corrected chi connectivity index (χ3v) is 5.72. The number of benzene rings is 1. The first-order chi connectivity index (χ1) is 12.2. The Kier molecular flexibility index (Phi) is 5.66.